The molecular weight excluding hydrogens is 639 g/mol. The lowest BCUT2D eigenvalue weighted by Crippen LogP contribution is -2.34. The van der Waals surface area contributed by atoms with Crippen LogP contribution in [-0.2, 0) is 9.53 Å². The molecule has 0 aliphatic carbocycles. The maximum atomic E-state index is 13.3. The van der Waals surface area contributed by atoms with E-state index in [0.717, 1.165) is 64.6 Å². The number of rotatable bonds is 37. The van der Waals surface area contributed by atoms with E-state index in [-0.39, 0.29) is 22.9 Å². The Balaban J connectivity index is 4.50. The highest BCUT2D eigenvalue weighted by atomic mass is 16.5. The fraction of sp³-hybridized carbons (Fsp3) is 0.851. The van der Waals surface area contributed by atoms with Gasteiger partial charge < -0.3 is 9.64 Å². The Labute approximate surface area is 325 Å². The maximum Gasteiger partial charge on any atom is 0.306 e. The van der Waals surface area contributed by atoms with E-state index in [2.05, 4.69) is 107 Å². The van der Waals surface area contributed by atoms with Crippen LogP contribution in [0.15, 0.2) is 34.3 Å². The second kappa shape index (κ2) is 35.0. The van der Waals surface area contributed by atoms with Gasteiger partial charge in [-0.25, -0.2) is 0 Å². The van der Waals surface area contributed by atoms with Gasteiger partial charge in [0, 0.05) is 6.54 Å². The molecular formula is C47H89N3O2. The van der Waals surface area contributed by atoms with Gasteiger partial charge in [-0.05, 0) is 121 Å². The van der Waals surface area contributed by atoms with Gasteiger partial charge in [0.1, 0.15) is 6.10 Å². The van der Waals surface area contributed by atoms with E-state index in [1.165, 1.54) is 116 Å². The van der Waals surface area contributed by atoms with E-state index in [1.54, 1.807) is 0 Å². The molecule has 0 saturated heterocycles. The Bertz CT molecular complexity index is 870. The van der Waals surface area contributed by atoms with E-state index >= 15 is 0 Å². The minimum Gasteiger partial charge on any atom is -0.462 e. The van der Waals surface area contributed by atoms with Crippen LogP contribution in [0.2, 0.25) is 0 Å². The average molecular weight is 728 g/mol. The number of hydrogen-bond acceptors (Lipinski definition) is 5. The van der Waals surface area contributed by atoms with Gasteiger partial charge in [-0.15, -0.1) is 0 Å². The van der Waals surface area contributed by atoms with Crippen LogP contribution in [0.1, 0.15) is 208 Å². The zero-order valence-electron chi connectivity index (χ0n) is 36.2. The van der Waals surface area contributed by atoms with Crippen LogP contribution >= 0.6 is 0 Å². The van der Waals surface area contributed by atoms with E-state index in [1.807, 2.05) is 0 Å². The summed E-state index contributed by atoms with van der Waals surface area (Å²) in [6.45, 7) is 16.3. The summed E-state index contributed by atoms with van der Waals surface area (Å²) in [5.74, 6) is -0.00750. The fourth-order valence-corrected chi connectivity index (χ4v) is 7.64. The van der Waals surface area contributed by atoms with Crippen LogP contribution in [0.3, 0.4) is 0 Å². The number of hydrogen-bond donors (Lipinski definition) is 0. The number of ether oxygens (including phenoxy) is 1. The number of unbranched alkanes of at least 4 members (excludes halogenated alkanes) is 18. The Morgan fingerprint density at radius 2 is 1.00 bits per heavy atom. The number of carbonyl (C=O) groups excluding carboxylic acids is 1. The van der Waals surface area contributed by atoms with Crippen molar-refractivity contribution in [2.75, 3.05) is 33.7 Å². The molecule has 0 radical (unpaired) electrons. The zero-order valence-corrected chi connectivity index (χ0v) is 36.2. The molecule has 0 spiro atoms. The van der Waals surface area contributed by atoms with Gasteiger partial charge in [0.25, 0.3) is 0 Å². The lowest BCUT2D eigenvalue weighted by Gasteiger charge is -2.36. The summed E-state index contributed by atoms with van der Waals surface area (Å²) >= 11 is 0. The largest absolute Gasteiger partial charge is 0.462 e. The molecule has 0 aromatic carbocycles. The SMILES string of the molecule is CCCCCC/C=C\C/N=C/CCCCCCCC(CCCCCCC/C=N/C/C=C\CCCCCC)OC(=O)CC(C)(C)CC(C)(C)CN(C)C. The Kier molecular flexibility index (Phi) is 33.8. The summed E-state index contributed by atoms with van der Waals surface area (Å²) in [5.41, 5.74) is 0.0718. The van der Waals surface area contributed by atoms with Crippen molar-refractivity contribution in [3.05, 3.63) is 24.3 Å². The molecule has 0 N–H and O–H groups in total. The zero-order chi connectivity index (χ0) is 38.6. The summed E-state index contributed by atoms with van der Waals surface area (Å²) in [4.78, 5) is 24.6. The number of aliphatic imine (C=N–C) groups is 2. The monoisotopic (exact) mass is 728 g/mol. The number of esters is 1. The Hall–Kier alpha value is -1.75. The van der Waals surface area contributed by atoms with Gasteiger partial charge in [0.05, 0.1) is 19.5 Å². The molecule has 52 heavy (non-hydrogen) atoms. The third kappa shape index (κ3) is 36.6. The van der Waals surface area contributed by atoms with Crippen molar-refractivity contribution in [1.82, 2.24) is 4.90 Å². The normalized spacial score (nSPS) is 13.0. The molecule has 0 aliphatic heterocycles. The molecule has 0 rings (SSSR count). The summed E-state index contributed by atoms with van der Waals surface area (Å²) in [6, 6.07) is 0. The second-order valence-corrected chi connectivity index (χ2v) is 17.5. The quantitative estimate of drug-likeness (QED) is 0.0277. The number of nitrogens with zero attached hydrogens (tertiary/aromatic N) is 3. The van der Waals surface area contributed by atoms with Crippen LogP contribution in [0.25, 0.3) is 0 Å². The number of carbonyl (C=O) groups is 1. The highest BCUT2D eigenvalue weighted by molar-refractivity contribution is 5.70. The van der Waals surface area contributed by atoms with Crippen molar-refractivity contribution >= 4 is 18.4 Å². The first-order valence-electron chi connectivity index (χ1n) is 22.1. The van der Waals surface area contributed by atoms with Gasteiger partial charge >= 0.3 is 5.97 Å². The van der Waals surface area contributed by atoms with Crippen molar-refractivity contribution in [3.63, 3.8) is 0 Å². The molecule has 0 aliphatic rings. The predicted octanol–water partition coefficient (Wildman–Crippen LogP) is 13.9. The molecule has 0 heterocycles. The van der Waals surface area contributed by atoms with Crippen LogP contribution in [0.5, 0.6) is 0 Å². The first-order valence-corrected chi connectivity index (χ1v) is 22.1. The van der Waals surface area contributed by atoms with Crippen molar-refractivity contribution in [2.45, 2.75) is 215 Å². The van der Waals surface area contributed by atoms with Gasteiger partial charge in [-0.3, -0.25) is 14.8 Å². The highest BCUT2D eigenvalue weighted by Gasteiger charge is 2.32. The van der Waals surface area contributed by atoms with Gasteiger partial charge in [0.15, 0.2) is 0 Å². The average Bonchev–Trinajstić information content (AvgIpc) is 3.06. The molecule has 304 valence electrons. The first-order chi connectivity index (χ1) is 25.0. The number of allylic oxidation sites excluding steroid dienone is 2. The second-order valence-electron chi connectivity index (χ2n) is 17.5. The minimum absolute atomic E-state index is 0.00750. The van der Waals surface area contributed by atoms with Crippen LogP contribution in [0, 0.1) is 10.8 Å². The Morgan fingerprint density at radius 3 is 1.46 bits per heavy atom. The fourth-order valence-electron chi connectivity index (χ4n) is 7.64. The van der Waals surface area contributed by atoms with Gasteiger partial charge in [-0.2, -0.15) is 0 Å². The van der Waals surface area contributed by atoms with Crippen LogP contribution in [0.4, 0.5) is 0 Å². The third-order valence-corrected chi connectivity index (χ3v) is 9.80. The van der Waals surface area contributed by atoms with Crippen molar-refractivity contribution in [3.8, 4) is 0 Å². The standard InChI is InChI=1S/C47H89N3O2/c1-9-11-13-15-19-25-31-37-48-39-33-27-21-17-23-29-35-44(52-45(51)41-46(3,4)42-47(5,6)43-50(7)8)36-30-24-18-22-28-34-40-49-38-32-26-20-16-14-12-10-2/h25-26,31-32,39-40,44H,9-24,27-30,33-38,41-43H2,1-8H3/b31-25-,32-26-,48-39+,49-40+. The summed E-state index contributed by atoms with van der Waals surface area (Å²) in [5, 5.41) is 0. The third-order valence-electron chi connectivity index (χ3n) is 9.80. The topological polar surface area (TPSA) is 54.3 Å². The predicted molar refractivity (Wildman–Crippen MR) is 232 cm³/mol. The molecule has 0 aromatic rings. The molecule has 0 bridgehead atoms. The molecule has 5 nitrogen and oxygen atoms in total. The van der Waals surface area contributed by atoms with Crippen LogP contribution < -0.4 is 0 Å². The highest BCUT2D eigenvalue weighted by Crippen LogP contribution is 2.37. The molecule has 5 heteroatoms. The van der Waals surface area contributed by atoms with Crippen molar-refractivity contribution in [1.29, 1.82) is 0 Å². The maximum absolute atomic E-state index is 13.3. The van der Waals surface area contributed by atoms with Crippen LogP contribution in [-0.4, -0.2) is 63.1 Å². The van der Waals surface area contributed by atoms with Crippen molar-refractivity contribution in [2.24, 2.45) is 20.8 Å². The van der Waals surface area contributed by atoms with Gasteiger partial charge in [0.2, 0.25) is 0 Å². The molecule has 0 unspecified atom stereocenters. The summed E-state index contributed by atoms with van der Waals surface area (Å²) in [6.07, 6.45) is 44.1. The summed E-state index contributed by atoms with van der Waals surface area (Å²) in [7, 11) is 4.26. The molecule has 0 amide bonds. The van der Waals surface area contributed by atoms with E-state index < -0.39 is 0 Å². The van der Waals surface area contributed by atoms with E-state index in [4.69, 9.17) is 4.74 Å². The van der Waals surface area contributed by atoms with E-state index in [0.29, 0.717) is 6.42 Å². The summed E-state index contributed by atoms with van der Waals surface area (Å²) < 4.78 is 6.24. The lowest BCUT2D eigenvalue weighted by molar-refractivity contribution is -0.152. The molecule has 0 saturated carbocycles. The molecule has 0 atom stereocenters. The smallest absolute Gasteiger partial charge is 0.306 e. The van der Waals surface area contributed by atoms with Crippen molar-refractivity contribution < 1.29 is 9.53 Å². The minimum atomic E-state index is -0.0805. The lowest BCUT2D eigenvalue weighted by atomic mass is 9.73. The Morgan fingerprint density at radius 1 is 0.577 bits per heavy atom. The molecule has 0 fully saturated rings. The first kappa shape index (κ1) is 50.2. The van der Waals surface area contributed by atoms with Gasteiger partial charge in [-0.1, -0.05) is 143 Å². The van der Waals surface area contributed by atoms with E-state index in [9.17, 15) is 4.79 Å². The molecule has 0 aromatic heterocycles.